The van der Waals surface area contributed by atoms with E-state index in [0.717, 1.165) is 37.5 Å². The van der Waals surface area contributed by atoms with E-state index in [9.17, 15) is 4.79 Å². The van der Waals surface area contributed by atoms with E-state index < -0.39 is 0 Å². The lowest BCUT2D eigenvalue weighted by atomic mass is 10.1. The van der Waals surface area contributed by atoms with Crippen molar-refractivity contribution in [1.29, 1.82) is 0 Å². The van der Waals surface area contributed by atoms with Crippen LogP contribution in [0.5, 0.6) is 11.5 Å². The third kappa shape index (κ3) is 3.43. The largest absolute Gasteiger partial charge is 0.454 e. The zero-order valence-corrected chi connectivity index (χ0v) is 14.0. The van der Waals surface area contributed by atoms with Gasteiger partial charge in [0, 0.05) is 31.4 Å². The van der Waals surface area contributed by atoms with Gasteiger partial charge >= 0.3 is 6.03 Å². The highest BCUT2D eigenvalue weighted by Crippen LogP contribution is 2.34. The summed E-state index contributed by atoms with van der Waals surface area (Å²) < 4.78 is 10.6. The number of likely N-dealkylation sites (tertiary alicyclic amines) is 2. The SMILES string of the molecule is O=C(Nc1ccc2c(c1)OCO2)N1CC[C@H](CN2CCCCC2)C1. The highest BCUT2D eigenvalue weighted by Gasteiger charge is 2.28. The van der Waals surface area contributed by atoms with Crippen LogP contribution < -0.4 is 14.8 Å². The van der Waals surface area contributed by atoms with Crippen LogP contribution in [0.25, 0.3) is 0 Å². The molecule has 2 saturated heterocycles. The van der Waals surface area contributed by atoms with Gasteiger partial charge in [-0.05, 0) is 50.4 Å². The van der Waals surface area contributed by atoms with Crippen LogP contribution in [0, 0.1) is 5.92 Å². The van der Waals surface area contributed by atoms with E-state index in [1.54, 1.807) is 0 Å². The lowest BCUT2D eigenvalue weighted by Crippen LogP contribution is -2.37. The number of hydrogen-bond donors (Lipinski definition) is 1. The van der Waals surface area contributed by atoms with Crippen molar-refractivity contribution in [2.24, 2.45) is 5.92 Å². The second-order valence-corrected chi connectivity index (χ2v) is 6.96. The number of nitrogens with one attached hydrogen (secondary N) is 1. The molecule has 6 nitrogen and oxygen atoms in total. The van der Waals surface area contributed by atoms with Crippen molar-refractivity contribution >= 4 is 11.7 Å². The Morgan fingerprint density at radius 1 is 1.12 bits per heavy atom. The van der Waals surface area contributed by atoms with Crippen molar-refractivity contribution in [3.8, 4) is 11.5 Å². The Kier molecular flexibility index (Phi) is 4.47. The molecule has 1 N–H and O–H groups in total. The first-order chi connectivity index (χ1) is 11.8. The maximum absolute atomic E-state index is 12.5. The minimum Gasteiger partial charge on any atom is -0.454 e. The van der Waals surface area contributed by atoms with Crippen molar-refractivity contribution in [2.45, 2.75) is 25.7 Å². The first-order valence-electron chi connectivity index (χ1n) is 8.96. The molecule has 0 spiro atoms. The first kappa shape index (κ1) is 15.6. The smallest absolute Gasteiger partial charge is 0.321 e. The quantitative estimate of drug-likeness (QED) is 0.925. The van der Waals surface area contributed by atoms with Crippen molar-refractivity contribution in [2.75, 3.05) is 44.8 Å². The highest BCUT2D eigenvalue weighted by atomic mass is 16.7. The minimum absolute atomic E-state index is 0.0185. The van der Waals surface area contributed by atoms with E-state index in [0.29, 0.717) is 11.7 Å². The molecule has 1 aromatic carbocycles. The number of nitrogens with zero attached hydrogens (tertiary/aromatic N) is 2. The van der Waals surface area contributed by atoms with Gasteiger partial charge in [-0.3, -0.25) is 0 Å². The number of piperidine rings is 1. The van der Waals surface area contributed by atoms with Gasteiger partial charge < -0.3 is 24.6 Å². The van der Waals surface area contributed by atoms with Gasteiger partial charge in [-0.15, -0.1) is 0 Å². The van der Waals surface area contributed by atoms with Crippen molar-refractivity contribution in [1.82, 2.24) is 9.80 Å². The van der Waals surface area contributed by atoms with Gasteiger partial charge in [0.1, 0.15) is 0 Å². The Hall–Kier alpha value is -1.95. The summed E-state index contributed by atoms with van der Waals surface area (Å²) in [5.74, 6) is 2.03. The van der Waals surface area contributed by atoms with Crippen LogP contribution in [0.15, 0.2) is 18.2 Å². The van der Waals surface area contributed by atoms with Gasteiger partial charge in [0.25, 0.3) is 0 Å². The Balaban J connectivity index is 1.29. The summed E-state index contributed by atoms with van der Waals surface area (Å²) in [6, 6.07) is 5.49. The van der Waals surface area contributed by atoms with E-state index in [2.05, 4.69) is 10.2 Å². The molecule has 2 amide bonds. The predicted molar refractivity (Wildman–Crippen MR) is 91.6 cm³/mol. The number of benzene rings is 1. The third-order valence-corrected chi connectivity index (χ3v) is 5.16. The van der Waals surface area contributed by atoms with Crippen molar-refractivity contribution in [3.63, 3.8) is 0 Å². The molecule has 3 aliphatic heterocycles. The molecule has 3 heterocycles. The van der Waals surface area contributed by atoms with Gasteiger partial charge in [-0.2, -0.15) is 0 Å². The fourth-order valence-corrected chi connectivity index (χ4v) is 3.85. The maximum atomic E-state index is 12.5. The van der Waals surface area contributed by atoms with E-state index in [-0.39, 0.29) is 12.8 Å². The van der Waals surface area contributed by atoms with Gasteiger partial charge in [0.15, 0.2) is 11.5 Å². The molecule has 6 heteroatoms. The molecule has 0 radical (unpaired) electrons. The van der Waals surface area contributed by atoms with Crippen LogP contribution in [0.1, 0.15) is 25.7 Å². The molecule has 0 aliphatic carbocycles. The zero-order valence-electron chi connectivity index (χ0n) is 14.0. The molecule has 2 fully saturated rings. The van der Waals surface area contributed by atoms with Crippen LogP contribution in [-0.4, -0.2) is 55.3 Å². The minimum atomic E-state index is -0.0185. The van der Waals surface area contributed by atoms with E-state index >= 15 is 0 Å². The molecule has 0 bridgehead atoms. The standard InChI is InChI=1S/C18H25N3O3/c22-18(19-15-4-5-16-17(10-15)24-13-23-16)21-9-6-14(12-21)11-20-7-2-1-3-8-20/h4-5,10,14H,1-3,6-9,11-13H2,(H,19,22)/t14-/m1/s1. The Labute approximate surface area is 142 Å². The van der Waals surface area contributed by atoms with Gasteiger partial charge in [-0.1, -0.05) is 6.42 Å². The van der Waals surface area contributed by atoms with E-state index in [1.165, 1.54) is 32.4 Å². The number of carbonyl (C=O) groups is 1. The number of ether oxygens (including phenoxy) is 2. The van der Waals surface area contributed by atoms with Gasteiger partial charge in [0.05, 0.1) is 0 Å². The molecule has 1 aromatic rings. The molecule has 1 atom stereocenters. The fourth-order valence-electron chi connectivity index (χ4n) is 3.85. The topological polar surface area (TPSA) is 54.0 Å². The number of carbonyl (C=O) groups excluding carboxylic acids is 1. The molecule has 0 aromatic heterocycles. The third-order valence-electron chi connectivity index (χ3n) is 5.16. The Morgan fingerprint density at radius 3 is 2.83 bits per heavy atom. The molecule has 4 rings (SSSR count). The van der Waals surface area contributed by atoms with E-state index in [4.69, 9.17) is 9.47 Å². The molecule has 0 saturated carbocycles. The van der Waals surface area contributed by atoms with Crippen LogP contribution in [-0.2, 0) is 0 Å². The van der Waals surface area contributed by atoms with Crippen LogP contribution in [0.3, 0.4) is 0 Å². The second-order valence-electron chi connectivity index (χ2n) is 6.96. The molecular formula is C18H25N3O3. The molecule has 24 heavy (non-hydrogen) atoms. The highest BCUT2D eigenvalue weighted by molar-refractivity contribution is 5.90. The van der Waals surface area contributed by atoms with E-state index in [1.807, 2.05) is 23.1 Å². The van der Waals surface area contributed by atoms with Gasteiger partial charge in [0.2, 0.25) is 6.79 Å². The summed E-state index contributed by atoms with van der Waals surface area (Å²) in [4.78, 5) is 17.0. The monoisotopic (exact) mass is 331 g/mol. The molecule has 3 aliphatic rings. The van der Waals surface area contributed by atoms with Gasteiger partial charge in [-0.25, -0.2) is 4.79 Å². The number of amides is 2. The number of fused-ring (bicyclic) bond motifs is 1. The number of urea groups is 1. The lowest BCUT2D eigenvalue weighted by molar-refractivity contribution is 0.174. The van der Waals surface area contributed by atoms with Crippen molar-refractivity contribution < 1.29 is 14.3 Å². The average molecular weight is 331 g/mol. The number of hydrogen-bond acceptors (Lipinski definition) is 4. The van der Waals surface area contributed by atoms with Crippen LogP contribution in [0.4, 0.5) is 10.5 Å². The molecular weight excluding hydrogens is 306 g/mol. The summed E-state index contributed by atoms with van der Waals surface area (Å²) in [5, 5.41) is 2.98. The summed E-state index contributed by atoms with van der Waals surface area (Å²) in [6.07, 6.45) is 5.11. The Morgan fingerprint density at radius 2 is 1.96 bits per heavy atom. The molecule has 0 unspecified atom stereocenters. The average Bonchev–Trinajstić information content (AvgIpc) is 3.24. The first-order valence-corrected chi connectivity index (χ1v) is 8.96. The lowest BCUT2D eigenvalue weighted by Gasteiger charge is -2.29. The van der Waals surface area contributed by atoms with Crippen LogP contribution >= 0.6 is 0 Å². The number of anilines is 1. The molecule has 130 valence electrons. The van der Waals surface area contributed by atoms with Crippen molar-refractivity contribution in [3.05, 3.63) is 18.2 Å². The fraction of sp³-hybridized carbons (Fsp3) is 0.611. The normalized spacial score (nSPS) is 23.5. The summed E-state index contributed by atoms with van der Waals surface area (Å²) in [7, 11) is 0. The predicted octanol–water partition coefficient (Wildman–Crippen LogP) is 2.76. The second kappa shape index (κ2) is 6.89. The maximum Gasteiger partial charge on any atom is 0.321 e. The summed E-state index contributed by atoms with van der Waals surface area (Å²) >= 11 is 0. The zero-order chi connectivity index (χ0) is 16.4. The van der Waals surface area contributed by atoms with Crippen LogP contribution in [0.2, 0.25) is 0 Å². The summed E-state index contributed by atoms with van der Waals surface area (Å²) in [5.41, 5.74) is 0.753. The number of rotatable bonds is 3. The summed E-state index contributed by atoms with van der Waals surface area (Å²) in [6.45, 7) is 5.52. The Bertz CT molecular complexity index is 601.